The summed E-state index contributed by atoms with van der Waals surface area (Å²) in [6.45, 7) is 4.22. The number of hydrogen-bond donors (Lipinski definition) is 2. The lowest BCUT2D eigenvalue weighted by Crippen LogP contribution is -2.26. The van der Waals surface area contributed by atoms with E-state index in [1.54, 1.807) is 12.5 Å². The summed E-state index contributed by atoms with van der Waals surface area (Å²) < 4.78 is 1.93. The molecule has 1 aromatic carbocycles. The molecule has 0 bridgehead atoms. The van der Waals surface area contributed by atoms with E-state index in [1.807, 2.05) is 42.0 Å². The number of carbonyl (C=O) groups excluding carboxylic acids is 1. The molecule has 1 aromatic heterocycles. The number of nitrogens with one attached hydrogen (secondary N) is 2. The summed E-state index contributed by atoms with van der Waals surface area (Å²) in [6, 6.07) is 7.47. The zero-order valence-corrected chi connectivity index (χ0v) is 11.0. The number of imidazole rings is 1. The quantitative estimate of drug-likeness (QED) is 0.830. The number of rotatable bonds is 6. The summed E-state index contributed by atoms with van der Waals surface area (Å²) in [7, 11) is 0. The SMILES string of the molecule is CCNc1ccc(C(=O)NCCn2ccnc2)cc1. The normalized spacial score (nSPS) is 10.2. The number of anilines is 1. The predicted molar refractivity (Wildman–Crippen MR) is 75.2 cm³/mol. The molecule has 0 fully saturated rings. The Morgan fingerprint density at radius 3 is 2.74 bits per heavy atom. The first-order valence-corrected chi connectivity index (χ1v) is 6.37. The second kappa shape index (κ2) is 6.58. The summed E-state index contributed by atoms with van der Waals surface area (Å²) in [4.78, 5) is 15.8. The first-order valence-electron chi connectivity index (χ1n) is 6.37. The van der Waals surface area contributed by atoms with Gasteiger partial charge in [0.05, 0.1) is 6.33 Å². The molecule has 100 valence electrons. The average molecular weight is 258 g/mol. The number of nitrogens with zero attached hydrogens (tertiary/aromatic N) is 2. The van der Waals surface area contributed by atoms with Gasteiger partial charge in [-0.1, -0.05) is 0 Å². The Balaban J connectivity index is 1.82. The van der Waals surface area contributed by atoms with Crippen LogP contribution in [0.25, 0.3) is 0 Å². The van der Waals surface area contributed by atoms with Crippen LogP contribution in [-0.4, -0.2) is 28.5 Å². The molecule has 5 heteroatoms. The van der Waals surface area contributed by atoms with Crippen molar-refractivity contribution in [3.05, 3.63) is 48.5 Å². The molecule has 1 amide bonds. The maximum atomic E-state index is 11.9. The zero-order valence-electron chi connectivity index (χ0n) is 11.0. The molecule has 0 aliphatic rings. The van der Waals surface area contributed by atoms with Gasteiger partial charge in [0.2, 0.25) is 0 Å². The van der Waals surface area contributed by atoms with Crippen LogP contribution >= 0.6 is 0 Å². The molecule has 19 heavy (non-hydrogen) atoms. The first kappa shape index (κ1) is 13.1. The Bertz CT molecular complexity index is 505. The number of aromatic nitrogens is 2. The molecule has 2 rings (SSSR count). The van der Waals surface area contributed by atoms with Crippen molar-refractivity contribution in [3.63, 3.8) is 0 Å². The van der Waals surface area contributed by atoms with E-state index in [9.17, 15) is 4.79 Å². The van der Waals surface area contributed by atoms with Crippen molar-refractivity contribution in [1.82, 2.24) is 14.9 Å². The second-order valence-electron chi connectivity index (χ2n) is 4.16. The Morgan fingerprint density at radius 1 is 1.32 bits per heavy atom. The minimum absolute atomic E-state index is 0.0526. The molecule has 0 saturated carbocycles. The Labute approximate surface area is 112 Å². The molecule has 0 unspecified atom stereocenters. The van der Waals surface area contributed by atoms with Crippen LogP contribution in [0.2, 0.25) is 0 Å². The Kier molecular flexibility index (Phi) is 4.55. The molecule has 0 aliphatic carbocycles. The smallest absolute Gasteiger partial charge is 0.251 e. The molecular weight excluding hydrogens is 240 g/mol. The molecular formula is C14H18N4O. The molecule has 2 aromatic rings. The minimum Gasteiger partial charge on any atom is -0.385 e. The molecule has 0 aliphatic heterocycles. The summed E-state index contributed by atoms with van der Waals surface area (Å²) in [5, 5.41) is 6.07. The summed E-state index contributed by atoms with van der Waals surface area (Å²) in [6.07, 6.45) is 5.33. The highest BCUT2D eigenvalue weighted by Gasteiger charge is 2.04. The number of benzene rings is 1. The van der Waals surface area contributed by atoms with Crippen molar-refractivity contribution < 1.29 is 4.79 Å². The molecule has 0 spiro atoms. The minimum atomic E-state index is -0.0526. The third-order valence-electron chi connectivity index (χ3n) is 2.74. The van der Waals surface area contributed by atoms with E-state index in [0.29, 0.717) is 12.1 Å². The fourth-order valence-corrected chi connectivity index (χ4v) is 1.76. The zero-order chi connectivity index (χ0) is 13.5. The third kappa shape index (κ3) is 3.84. The van der Waals surface area contributed by atoms with Crippen LogP contribution in [0.5, 0.6) is 0 Å². The van der Waals surface area contributed by atoms with Gasteiger partial charge in [-0.05, 0) is 31.2 Å². The van der Waals surface area contributed by atoms with Crippen molar-refractivity contribution in [3.8, 4) is 0 Å². The topological polar surface area (TPSA) is 59.0 Å². The summed E-state index contributed by atoms with van der Waals surface area (Å²) >= 11 is 0. The van der Waals surface area contributed by atoms with E-state index in [-0.39, 0.29) is 5.91 Å². The van der Waals surface area contributed by atoms with Crippen LogP contribution in [0.15, 0.2) is 43.0 Å². The van der Waals surface area contributed by atoms with Gasteiger partial charge in [-0.2, -0.15) is 0 Å². The third-order valence-corrected chi connectivity index (χ3v) is 2.74. The van der Waals surface area contributed by atoms with Gasteiger partial charge in [0.25, 0.3) is 5.91 Å². The lowest BCUT2D eigenvalue weighted by atomic mass is 10.2. The van der Waals surface area contributed by atoms with Crippen LogP contribution in [0, 0.1) is 0 Å². The van der Waals surface area contributed by atoms with Gasteiger partial charge < -0.3 is 15.2 Å². The van der Waals surface area contributed by atoms with E-state index in [2.05, 4.69) is 15.6 Å². The average Bonchev–Trinajstić information content (AvgIpc) is 2.93. The predicted octanol–water partition coefficient (Wildman–Crippen LogP) is 1.74. The Hall–Kier alpha value is -2.30. The molecule has 5 nitrogen and oxygen atoms in total. The molecule has 0 radical (unpaired) electrons. The van der Waals surface area contributed by atoms with Gasteiger partial charge in [0.1, 0.15) is 0 Å². The summed E-state index contributed by atoms with van der Waals surface area (Å²) in [5.74, 6) is -0.0526. The van der Waals surface area contributed by atoms with Gasteiger partial charge in [0.15, 0.2) is 0 Å². The van der Waals surface area contributed by atoms with Gasteiger partial charge in [0, 0.05) is 43.3 Å². The second-order valence-corrected chi connectivity index (χ2v) is 4.16. The van der Waals surface area contributed by atoms with Crippen molar-refractivity contribution in [2.75, 3.05) is 18.4 Å². The maximum absolute atomic E-state index is 11.9. The van der Waals surface area contributed by atoms with E-state index >= 15 is 0 Å². The van der Waals surface area contributed by atoms with Gasteiger partial charge >= 0.3 is 0 Å². The number of hydrogen-bond acceptors (Lipinski definition) is 3. The van der Waals surface area contributed by atoms with E-state index in [1.165, 1.54) is 0 Å². The highest BCUT2D eigenvalue weighted by Crippen LogP contribution is 2.08. The number of carbonyl (C=O) groups is 1. The lowest BCUT2D eigenvalue weighted by molar-refractivity contribution is 0.0952. The fourth-order valence-electron chi connectivity index (χ4n) is 1.76. The van der Waals surface area contributed by atoms with Crippen molar-refractivity contribution in [1.29, 1.82) is 0 Å². The van der Waals surface area contributed by atoms with Crippen molar-refractivity contribution >= 4 is 11.6 Å². The van der Waals surface area contributed by atoms with Crippen molar-refractivity contribution in [2.24, 2.45) is 0 Å². The molecule has 1 heterocycles. The van der Waals surface area contributed by atoms with Gasteiger partial charge in [-0.3, -0.25) is 4.79 Å². The van der Waals surface area contributed by atoms with E-state index in [4.69, 9.17) is 0 Å². The van der Waals surface area contributed by atoms with E-state index in [0.717, 1.165) is 18.8 Å². The van der Waals surface area contributed by atoms with Gasteiger partial charge in [-0.25, -0.2) is 4.98 Å². The first-order chi connectivity index (χ1) is 9.29. The highest BCUT2D eigenvalue weighted by molar-refractivity contribution is 5.94. The molecule has 0 saturated heterocycles. The fraction of sp³-hybridized carbons (Fsp3) is 0.286. The molecule has 0 atom stereocenters. The highest BCUT2D eigenvalue weighted by atomic mass is 16.1. The van der Waals surface area contributed by atoms with E-state index < -0.39 is 0 Å². The lowest BCUT2D eigenvalue weighted by Gasteiger charge is -2.07. The standard InChI is InChI=1S/C14H18N4O/c1-2-16-13-5-3-12(4-6-13)14(19)17-8-10-18-9-7-15-11-18/h3-7,9,11,16H,2,8,10H2,1H3,(H,17,19). The van der Waals surface area contributed by atoms with Crippen LogP contribution in [0.1, 0.15) is 17.3 Å². The maximum Gasteiger partial charge on any atom is 0.251 e. The van der Waals surface area contributed by atoms with Crippen LogP contribution in [0.3, 0.4) is 0 Å². The number of amides is 1. The molecule has 2 N–H and O–H groups in total. The van der Waals surface area contributed by atoms with Crippen LogP contribution in [-0.2, 0) is 6.54 Å². The van der Waals surface area contributed by atoms with Crippen LogP contribution < -0.4 is 10.6 Å². The van der Waals surface area contributed by atoms with Gasteiger partial charge in [-0.15, -0.1) is 0 Å². The Morgan fingerprint density at radius 2 is 2.11 bits per heavy atom. The van der Waals surface area contributed by atoms with Crippen LogP contribution in [0.4, 0.5) is 5.69 Å². The largest absolute Gasteiger partial charge is 0.385 e. The van der Waals surface area contributed by atoms with Crippen molar-refractivity contribution in [2.45, 2.75) is 13.5 Å². The monoisotopic (exact) mass is 258 g/mol. The summed E-state index contributed by atoms with van der Waals surface area (Å²) in [5.41, 5.74) is 1.70.